The zero-order chi connectivity index (χ0) is 30.5. The molecule has 1 N–H and O–H groups in total. The molecule has 5 aromatic carbocycles. The first-order chi connectivity index (χ1) is 20.8. The molecule has 5 aromatic rings. The number of rotatable bonds is 9. The molecule has 0 unspecified atom stereocenters. The van der Waals surface area contributed by atoms with Crippen molar-refractivity contribution in [3.8, 4) is 0 Å². The highest BCUT2D eigenvalue weighted by Crippen LogP contribution is 2.59. The molecule has 1 atom stereocenters. The number of benzene rings is 5. The molecule has 0 radical (unpaired) electrons. The summed E-state index contributed by atoms with van der Waals surface area (Å²) in [5.74, 6) is -0.236. The fourth-order valence-corrected chi connectivity index (χ4v) is 9.68. The van der Waals surface area contributed by atoms with Crippen molar-refractivity contribution in [2.24, 2.45) is 0 Å². The van der Waals surface area contributed by atoms with Gasteiger partial charge in [0, 0.05) is 6.42 Å². The first kappa shape index (κ1) is 31.5. The van der Waals surface area contributed by atoms with E-state index in [-0.39, 0.29) is 12.4 Å². The number of ether oxygens (including phenoxy) is 1. The number of carbonyl (C=O) groups excluding carboxylic acids is 1. The van der Waals surface area contributed by atoms with Crippen LogP contribution in [0, 0.1) is 0 Å². The Bertz CT molecular complexity index is 1430. The van der Waals surface area contributed by atoms with Crippen LogP contribution in [0.5, 0.6) is 0 Å². The van der Waals surface area contributed by atoms with Crippen molar-refractivity contribution in [2.75, 3.05) is 0 Å². The molecule has 5 rings (SSSR count). The van der Waals surface area contributed by atoms with Gasteiger partial charge in [0.15, 0.2) is 5.78 Å². The van der Waals surface area contributed by atoms with E-state index in [1.54, 1.807) is 0 Å². The molecule has 0 bridgehead atoms. The fraction of sp³-hybridized carbons (Fsp3) is 0.0882. The van der Waals surface area contributed by atoms with Gasteiger partial charge < -0.3 is 22.0 Å². The van der Waals surface area contributed by atoms with Gasteiger partial charge in [-0.3, -0.25) is 5.32 Å². The molecular weight excluding hydrogens is 572 g/mol. The van der Waals surface area contributed by atoms with E-state index in [2.05, 4.69) is 90.2 Å². The van der Waals surface area contributed by atoms with Crippen molar-refractivity contribution in [2.45, 2.75) is 18.8 Å². The molecule has 0 aromatic heterocycles. The van der Waals surface area contributed by atoms with E-state index >= 15 is 0 Å². The van der Waals surface area contributed by atoms with Gasteiger partial charge in [0.25, 0.3) is 0 Å². The number of nitrogens with one attached hydrogen (secondary N) is 1. The number of hydrogen-bond acceptors (Lipinski definition) is 2. The summed E-state index contributed by atoms with van der Waals surface area (Å²) in [6.07, 6.45) is 0.246. The van der Waals surface area contributed by atoms with Gasteiger partial charge in [-0.25, -0.2) is 4.79 Å². The highest BCUT2D eigenvalue weighted by molar-refractivity contribution is 7.96. The van der Waals surface area contributed by atoms with Crippen LogP contribution in [0.4, 0.5) is 22.1 Å². The molecule has 0 saturated heterocycles. The van der Waals surface area contributed by atoms with E-state index in [0.717, 1.165) is 11.1 Å². The number of alkyl carbamates (subject to hydrolysis) is 1. The van der Waals surface area contributed by atoms with Crippen molar-refractivity contribution in [3.05, 3.63) is 163 Å². The zero-order valence-corrected chi connectivity index (χ0v) is 24.2. The Hall–Kier alpha value is -4.42. The number of carbonyl (C=O) groups is 1. The minimum atomic E-state index is -6.00. The second kappa shape index (κ2) is 15.2. The summed E-state index contributed by atoms with van der Waals surface area (Å²) in [6, 6.07) is 52.0. The minimum Gasteiger partial charge on any atom is -0.445 e. The number of hydrogen-bond donors (Lipinski definition) is 1. The third-order valence-corrected chi connectivity index (χ3v) is 11.3. The lowest BCUT2D eigenvalue weighted by Crippen LogP contribution is -2.48. The van der Waals surface area contributed by atoms with Crippen LogP contribution in [0.2, 0.25) is 0 Å². The summed E-state index contributed by atoms with van der Waals surface area (Å²) < 4.78 is 44.8. The lowest BCUT2D eigenvalue weighted by atomic mass is 10.1. The molecular formula is C34H31BF4NO2P. The molecule has 220 valence electrons. The van der Waals surface area contributed by atoms with Gasteiger partial charge in [-0.1, -0.05) is 115 Å². The van der Waals surface area contributed by atoms with E-state index in [0.29, 0.717) is 6.42 Å². The molecule has 0 saturated carbocycles. The first-order valence-electron chi connectivity index (χ1n) is 13.7. The third-order valence-electron chi connectivity index (χ3n) is 6.73. The largest absolute Gasteiger partial charge is 0.673 e. The van der Waals surface area contributed by atoms with Gasteiger partial charge in [0.05, 0.1) is 0 Å². The van der Waals surface area contributed by atoms with Crippen LogP contribution in [0.15, 0.2) is 152 Å². The molecule has 43 heavy (non-hydrogen) atoms. The van der Waals surface area contributed by atoms with Crippen molar-refractivity contribution < 1.29 is 26.8 Å². The van der Waals surface area contributed by atoms with Crippen molar-refractivity contribution >= 4 is 36.5 Å². The molecule has 0 aliphatic carbocycles. The highest BCUT2D eigenvalue weighted by Gasteiger charge is 2.53. The van der Waals surface area contributed by atoms with Crippen LogP contribution in [-0.2, 0) is 17.8 Å². The smallest absolute Gasteiger partial charge is 0.445 e. The van der Waals surface area contributed by atoms with Gasteiger partial charge in [-0.2, -0.15) is 0 Å². The average Bonchev–Trinajstić information content (AvgIpc) is 3.02. The lowest BCUT2D eigenvalue weighted by Gasteiger charge is -2.35. The van der Waals surface area contributed by atoms with E-state index in [4.69, 9.17) is 4.74 Å². The minimum absolute atomic E-state index is 0.220. The molecule has 0 spiro atoms. The van der Waals surface area contributed by atoms with Crippen molar-refractivity contribution in [1.29, 1.82) is 0 Å². The fourth-order valence-electron chi connectivity index (χ4n) is 5.00. The Morgan fingerprint density at radius 1 is 0.581 bits per heavy atom. The van der Waals surface area contributed by atoms with Crippen LogP contribution in [0.3, 0.4) is 0 Å². The summed E-state index contributed by atoms with van der Waals surface area (Å²) in [7, 11) is -8.39. The Labute approximate surface area is 250 Å². The topological polar surface area (TPSA) is 38.3 Å². The normalized spacial score (nSPS) is 11.9. The summed E-state index contributed by atoms with van der Waals surface area (Å²) in [5.41, 5.74) is 2.12. The molecule has 9 heteroatoms. The van der Waals surface area contributed by atoms with Crippen molar-refractivity contribution in [3.63, 3.8) is 0 Å². The summed E-state index contributed by atoms with van der Waals surface area (Å²) >= 11 is 0. The van der Waals surface area contributed by atoms with E-state index in [1.807, 2.05) is 66.7 Å². The molecule has 1 amide bonds. The van der Waals surface area contributed by atoms with Gasteiger partial charge in [0.1, 0.15) is 29.8 Å². The Morgan fingerprint density at radius 2 is 0.907 bits per heavy atom. The Kier molecular flexibility index (Phi) is 11.1. The molecule has 3 nitrogen and oxygen atoms in total. The van der Waals surface area contributed by atoms with Crippen molar-refractivity contribution in [1.82, 2.24) is 5.32 Å². The van der Waals surface area contributed by atoms with E-state index in [1.165, 1.54) is 15.9 Å². The van der Waals surface area contributed by atoms with Crippen LogP contribution < -0.4 is 21.2 Å². The first-order valence-corrected chi connectivity index (χ1v) is 15.6. The van der Waals surface area contributed by atoms with Gasteiger partial charge in [0.2, 0.25) is 0 Å². The zero-order valence-electron chi connectivity index (χ0n) is 23.3. The predicted molar refractivity (Wildman–Crippen MR) is 169 cm³/mol. The molecule has 0 aliphatic heterocycles. The summed E-state index contributed by atoms with van der Waals surface area (Å²) in [4.78, 5) is 13.4. The monoisotopic (exact) mass is 603 g/mol. The lowest BCUT2D eigenvalue weighted by molar-refractivity contribution is 0.138. The maximum atomic E-state index is 13.4. The molecule has 0 heterocycles. The summed E-state index contributed by atoms with van der Waals surface area (Å²) in [6.45, 7) is 0.220. The van der Waals surface area contributed by atoms with E-state index < -0.39 is 20.6 Å². The third kappa shape index (κ3) is 9.03. The highest BCUT2D eigenvalue weighted by atomic mass is 31.2. The van der Waals surface area contributed by atoms with E-state index in [9.17, 15) is 22.1 Å². The second-order valence-corrected chi connectivity index (χ2v) is 13.3. The second-order valence-electron chi connectivity index (χ2n) is 9.64. The maximum Gasteiger partial charge on any atom is 0.673 e. The number of halogens is 4. The van der Waals surface area contributed by atoms with Gasteiger partial charge >= 0.3 is 13.3 Å². The Morgan fingerprint density at radius 3 is 1.28 bits per heavy atom. The van der Waals surface area contributed by atoms with Crippen LogP contribution in [0.1, 0.15) is 11.1 Å². The van der Waals surface area contributed by atoms with Crippen LogP contribution in [-0.4, -0.2) is 19.1 Å². The summed E-state index contributed by atoms with van der Waals surface area (Å²) in [5, 5.41) is 6.99. The van der Waals surface area contributed by atoms with Crippen LogP contribution in [0.25, 0.3) is 0 Å². The van der Waals surface area contributed by atoms with Crippen LogP contribution >= 0.6 is 7.26 Å². The maximum absolute atomic E-state index is 13.4. The standard InChI is InChI=1S/C34H30NO2P.BF4/c36-34(37-27-29-18-8-2-9-19-29)35-33(26-28-16-6-1-7-17-28)38(30-20-10-3-11-21-30,31-22-12-4-13-23-31)32-24-14-5-15-25-32;2-1(3,4)5/h1-25,33H,26-27H2;/q;-1/p+1/t33-;/m0./s1. The Balaban J connectivity index is 0.000000782. The molecule has 0 aliphatic rings. The average molecular weight is 603 g/mol. The quantitative estimate of drug-likeness (QED) is 0.106. The number of amides is 1. The SMILES string of the molecule is F[B-](F)(F)F.O=C(N[C@H](Cc1ccccc1)[P+](c1ccccc1)(c1ccccc1)c1ccccc1)OCc1ccccc1. The van der Waals surface area contributed by atoms with Gasteiger partial charge in [-0.15, -0.1) is 0 Å². The van der Waals surface area contributed by atoms with Gasteiger partial charge in [-0.05, 0) is 47.5 Å². The predicted octanol–water partition coefficient (Wildman–Crippen LogP) is 7.78. The molecule has 0 fully saturated rings.